The molecule has 2 aliphatic heterocycles. The minimum absolute atomic E-state index is 0.0117. The summed E-state index contributed by atoms with van der Waals surface area (Å²) in [5.41, 5.74) is 1.44. The van der Waals surface area contributed by atoms with Crippen molar-refractivity contribution in [3.63, 3.8) is 0 Å². The number of carbonyl (C=O) groups excluding carboxylic acids is 4. The number of carbonyl (C=O) groups is 4. The highest BCUT2D eigenvalue weighted by Gasteiger charge is 2.36. The first-order valence-electron chi connectivity index (χ1n) is 11.2. The summed E-state index contributed by atoms with van der Waals surface area (Å²) in [6.45, 7) is 5.29. The second-order valence-electron chi connectivity index (χ2n) is 8.72. The van der Waals surface area contributed by atoms with Crippen molar-refractivity contribution in [3.05, 3.63) is 64.7 Å². The lowest BCUT2D eigenvalue weighted by atomic mass is 10.0. The van der Waals surface area contributed by atoms with Gasteiger partial charge in [0.1, 0.15) is 0 Å². The first-order valence-corrected chi connectivity index (χ1v) is 11.2. The highest BCUT2D eigenvalue weighted by Crippen LogP contribution is 2.26. The van der Waals surface area contributed by atoms with Gasteiger partial charge in [0, 0.05) is 25.3 Å². The van der Waals surface area contributed by atoms with Gasteiger partial charge in [-0.1, -0.05) is 26.0 Å². The van der Waals surface area contributed by atoms with Gasteiger partial charge in [0.2, 0.25) is 0 Å². The molecule has 4 rings (SSSR count). The van der Waals surface area contributed by atoms with Crippen LogP contribution in [0.5, 0.6) is 0 Å². The summed E-state index contributed by atoms with van der Waals surface area (Å²) in [7, 11) is 0. The minimum atomic E-state index is -0.472. The molecule has 2 aromatic rings. The van der Waals surface area contributed by atoms with E-state index in [-0.39, 0.29) is 35.0 Å². The number of para-hydroxylation sites is 1. The third-order valence-corrected chi connectivity index (χ3v) is 5.71. The molecular weight excluding hydrogens is 422 g/mol. The van der Waals surface area contributed by atoms with Crippen LogP contribution in [0.4, 0.5) is 5.69 Å². The van der Waals surface area contributed by atoms with E-state index in [4.69, 9.17) is 4.74 Å². The SMILES string of the molecule is CC(C)CN1C(=O)c2ccc(C(=O)Nc3ccccc3C(=O)NCC3CCCO3)cc2C1=O. The van der Waals surface area contributed by atoms with Gasteiger partial charge in [0.25, 0.3) is 23.6 Å². The number of nitrogens with zero attached hydrogens (tertiary/aromatic N) is 1. The van der Waals surface area contributed by atoms with Crippen molar-refractivity contribution in [1.82, 2.24) is 10.2 Å². The average molecular weight is 450 g/mol. The monoisotopic (exact) mass is 449 g/mol. The van der Waals surface area contributed by atoms with Crippen LogP contribution >= 0.6 is 0 Å². The molecule has 2 aromatic carbocycles. The van der Waals surface area contributed by atoms with Gasteiger partial charge in [0.05, 0.1) is 28.5 Å². The van der Waals surface area contributed by atoms with Crippen LogP contribution in [-0.2, 0) is 4.74 Å². The van der Waals surface area contributed by atoms with Gasteiger partial charge in [-0.2, -0.15) is 0 Å². The number of ether oxygens (including phenoxy) is 1. The number of nitrogens with one attached hydrogen (secondary N) is 2. The maximum absolute atomic E-state index is 12.9. The number of fused-ring (bicyclic) bond motifs is 1. The summed E-state index contributed by atoms with van der Waals surface area (Å²) < 4.78 is 5.53. The zero-order chi connectivity index (χ0) is 23.5. The Bertz CT molecular complexity index is 1100. The lowest BCUT2D eigenvalue weighted by Crippen LogP contribution is -2.33. The molecule has 33 heavy (non-hydrogen) atoms. The molecule has 1 saturated heterocycles. The maximum atomic E-state index is 12.9. The third-order valence-electron chi connectivity index (χ3n) is 5.71. The summed E-state index contributed by atoms with van der Waals surface area (Å²) in [6.07, 6.45) is 1.90. The number of anilines is 1. The molecule has 0 aromatic heterocycles. The van der Waals surface area contributed by atoms with Crippen molar-refractivity contribution in [2.75, 3.05) is 25.0 Å². The van der Waals surface area contributed by atoms with Crippen molar-refractivity contribution >= 4 is 29.3 Å². The Morgan fingerprint density at radius 2 is 1.82 bits per heavy atom. The van der Waals surface area contributed by atoms with Crippen LogP contribution in [0.2, 0.25) is 0 Å². The Morgan fingerprint density at radius 3 is 2.55 bits per heavy atom. The minimum Gasteiger partial charge on any atom is -0.376 e. The Hall–Kier alpha value is -3.52. The molecule has 0 bridgehead atoms. The number of hydrogen-bond acceptors (Lipinski definition) is 5. The van der Waals surface area contributed by atoms with Crippen molar-refractivity contribution in [3.8, 4) is 0 Å². The zero-order valence-electron chi connectivity index (χ0n) is 18.7. The Kier molecular flexibility index (Phi) is 6.55. The van der Waals surface area contributed by atoms with E-state index in [2.05, 4.69) is 10.6 Å². The standard InChI is InChI=1S/C25H27N3O5/c1-15(2)14-28-24(31)18-10-9-16(12-20(18)25(28)32)22(29)27-21-8-4-3-7-19(21)23(30)26-13-17-6-5-11-33-17/h3-4,7-10,12,15,17H,5-6,11,13-14H2,1-2H3,(H,26,30)(H,27,29). The van der Waals surface area contributed by atoms with Crippen LogP contribution in [-0.4, -0.2) is 54.3 Å². The largest absolute Gasteiger partial charge is 0.376 e. The number of imide groups is 1. The van der Waals surface area contributed by atoms with Crippen LogP contribution in [0.15, 0.2) is 42.5 Å². The fourth-order valence-corrected chi connectivity index (χ4v) is 4.05. The molecule has 0 saturated carbocycles. The highest BCUT2D eigenvalue weighted by molar-refractivity contribution is 6.22. The smallest absolute Gasteiger partial charge is 0.261 e. The Labute approximate surface area is 192 Å². The van der Waals surface area contributed by atoms with Crippen LogP contribution < -0.4 is 10.6 Å². The van der Waals surface area contributed by atoms with E-state index in [1.807, 2.05) is 13.8 Å². The number of rotatable bonds is 7. The first kappa shape index (κ1) is 22.7. The Balaban J connectivity index is 1.49. The van der Waals surface area contributed by atoms with Gasteiger partial charge in [-0.05, 0) is 49.1 Å². The van der Waals surface area contributed by atoms with Crippen molar-refractivity contribution < 1.29 is 23.9 Å². The number of benzene rings is 2. The van der Waals surface area contributed by atoms with Crippen LogP contribution in [0, 0.1) is 5.92 Å². The fourth-order valence-electron chi connectivity index (χ4n) is 4.05. The molecule has 0 radical (unpaired) electrons. The summed E-state index contributed by atoms with van der Waals surface area (Å²) in [4.78, 5) is 52.1. The number of hydrogen-bond donors (Lipinski definition) is 2. The molecule has 0 spiro atoms. The van der Waals surface area contributed by atoms with E-state index >= 15 is 0 Å². The molecule has 8 nitrogen and oxygen atoms in total. The molecule has 1 fully saturated rings. The van der Waals surface area contributed by atoms with E-state index in [9.17, 15) is 19.2 Å². The Morgan fingerprint density at radius 1 is 1.06 bits per heavy atom. The lowest BCUT2D eigenvalue weighted by molar-refractivity contribution is 0.0635. The van der Waals surface area contributed by atoms with E-state index in [1.54, 1.807) is 24.3 Å². The molecule has 2 heterocycles. The topological polar surface area (TPSA) is 105 Å². The molecule has 1 atom stereocenters. The van der Waals surface area contributed by atoms with Gasteiger partial charge < -0.3 is 15.4 Å². The van der Waals surface area contributed by atoms with Crippen LogP contribution in [0.1, 0.15) is 68.1 Å². The summed E-state index contributed by atoms with van der Waals surface area (Å²) in [5, 5.41) is 5.61. The predicted molar refractivity (Wildman–Crippen MR) is 122 cm³/mol. The zero-order valence-corrected chi connectivity index (χ0v) is 18.7. The predicted octanol–water partition coefficient (Wildman–Crippen LogP) is 3.10. The van der Waals surface area contributed by atoms with Gasteiger partial charge in [-0.3, -0.25) is 24.1 Å². The van der Waals surface area contributed by atoms with Gasteiger partial charge in [-0.25, -0.2) is 0 Å². The fraction of sp³-hybridized carbons (Fsp3) is 0.360. The van der Waals surface area contributed by atoms with E-state index < -0.39 is 11.8 Å². The second-order valence-corrected chi connectivity index (χ2v) is 8.72. The molecule has 1 unspecified atom stereocenters. The third kappa shape index (κ3) is 4.80. The van der Waals surface area contributed by atoms with Crippen LogP contribution in [0.25, 0.3) is 0 Å². The van der Waals surface area contributed by atoms with Crippen molar-refractivity contribution in [2.45, 2.75) is 32.8 Å². The second kappa shape index (κ2) is 9.54. The summed E-state index contributed by atoms with van der Waals surface area (Å²) >= 11 is 0. The molecule has 0 aliphatic carbocycles. The van der Waals surface area contributed by atoms with Gasteiger partial charge in [0.15, 0.2) is 0 Å². The molecular formula is C25H27N3O5. The maximum Gasteiger partial charge on any atom is 0.261 e. The molecule has 4 amide bonds. The first-order chi connectivity index (χ1) is 15.8. The molecule has 2 aliphatic rings. The van der Waals surface area contributed by atoms with Crippen molar-refractivity contribution in [1.29, 1.82) is 0 Å². The quantitative estimate of drug-likeness (QED) is 0.632. The van der Waals surface area contributed by atoms with E-state index in [1.165, 1.54) is 23.1 Å². The molecule has 8 heteroatoms. The summed E-state index contributed by atoms with van der Waals surface area (Å²) in [6, 6.07) is 11.2. The summed E-state index contributed by atoms with van der Waals surface area (Å²) in [5.74, 6) is -1.38. The van der Waals surface area contributed by atoms with E-state index in [0.717, 1.165) is 12.8 Å². The molecule has 172 valence electrons. The molecule has 2 N–H and O–H groups in total. The van der Waals surface area contributed by atoms with Crippen molar-refractivity contribution in [2.24, 2.45) is 5.92 Å². The van der Waals surface area contributed by atoms with Gasteiger partial charge >= 0.3 is 0 Å². The van der Waals surface area contributed by atoms with Gasteiger partial charge in [-0.15, -0.1) is 0 Å². The highest BCUT2D eigenvalue weighted by atomic mass is 16.5. The van der Waals surface area contributed by atoms with Crippen LogP contribution in [0.3, 0.4) is 0 Å². The van der Waals surface area contributed by atoms with E-state index in [0.29, 0.717) is 36.5 Å². The number of amides is 4. The average Bonchev–Trinajstić information content (AvgIpc) is 3.40. The lowest BCUT2D eigenvalue weighted by Gasteiger charge is -2.15. The normalized spacial score (nSPS) is 17.4.